The molecule has 0 spiro atoms. The Balaban J connectivity index is 0.00000240. The van der Waals surface area contributed by atoms with Gasteiger partial charge >= 0.3 is 0 Å². The van der Waals surface area contributed by atoms with Crippen molar-refractivity contribution in [1.82, 2.24) is 0 Å². The van der Waals surface area contributed by atoms with Gasteiger partial charge in [0, 0.05) is 0 Å². The summed E-state index contributed by atoms with van der Waals surface area (Å²) in [6.45, 7) is 0. The Morgan fingerprint density at radius 1 is 0.517 bits per heavy atom. The van der Waals surface area contributed by atoms with Crippen LogP contribution in [0.5, 0.6) is 0 Å². The normalized spacial score (nSPS) is 12.0. The first-order valence-electron chi connectivity index (χ1n) is 9.58. The first-order chi connectivity index (χ1) is 13.8. The van der Waals surface area contributed by atoms with Crippen molar-refractivity contribution in [1.29, 1.82) is 0 Å². The fraction of sp³-hybridized carbons (Fsp3) is 0.0769. The van der Waals surface area contributed by atoms with Crippen LogP contribution in [0.1, 0.15) is 11.7 Å². The molecule has 0 aliphatic rings. The van der Waals surface area contributed by atoms with E-state index in [0.717, 1.165) is 5.56 Å². The van der Waals surface area contributed by atoms with Crippen molar-refractivity contribution in [2.45, 2.75) is 6.10 Å². The lowest BCUT2D eigenvalue weighted by atomic mass is 10.1. The molecule has 0 fully saturated rings. The number of hydrogen-bond donors (Lipinski definition) is 1. The van der Waals surface area contributed by atoms with Crippen molar-refractivity contribution in [2.75, 3.05) is 6.16 Å². The Hall–Kier alpha value is -2.25. The largest absolute Gasteiger partial charge is 1.00 e. The molecule has 146 valence electrons. The molecule has 4 aromatic carbocycles. The fourth-order valence-electron chi connectivity index (χ4n) is 3.85. The summed E-state index contributed by atoms with van der Waals surface area (Å²) in [5.74, 6) is 0. The molecule has 0 bridgehead atoms. The van der Waals surface area contributed by atoms with Gasteiger partial charge in [-0.15, -0.1) is 0 Å². The molecule has 0 radical (unpaired) electrons. The van der Waals surface area contributed by atoms with Crippen LogP contribution in [-0.2, 0) is 0 Å². The molecule has 0 saturated carbocycles. The van der Waals surface area contributed by atoms with Crippen LogP contribution in [-0.4, -0.2) is 11.3 Å². The lowest BCUT2D eigenvalue weighted by Crippen LogP contribution is -3.00. The average molecular weight is 463 g/mol. The summed E-state index contributed by atoms with van der Waals surface area (Å²) in [5.41, 5.74) is 0.967. The van der Waals surface area contributed by atoms with Gasteiger partial charge in [0.1, 0.15) is 35.4 Å². The molecule has 29 heavy (non-hydrogen) atoms. The highest BCUT2D eigenvalue weighted by Crippen LogP contribution is 2.57. The van der Waals surface area contributed by atoms with Gasteiger partial charge in [0.15, 0.2) is 0 Å². The van der Waals surface area contributed by atoms with Crippen molar-refractivity contribution in [3.05, 3.63) is 127 Å². The first kappa shape index (κ1) is 21.5. The Morgan fingerprint density at radius 3 is 1.17 bits per heavy atom. The maximum absolute atomic E-state index is 11.3. The van der Waals surface area contributed by atoms with Gasteiger partial charge in [0.2, 0.25) is 0 Å². The van der Waals surface area contributed by atoms with E-state index >= 15 is 0 Å². The van der Waals surface area contributed by atoms with Crippen molar-refractivity contribution < 1.29 is 22.1 Å². The molecule has 3 heteroatoms. The van der Waals surface area contributed by atoms with Gasteiger partial charge in [-0.1, -0.05) is 84.9 Å². The van der Waals surface area contributed by atoms with Crippen molar-refractivity contribution in [3.8, 4) is 0 Å². The fourth-order valence-corrected chi connectivity index (χ4v) is 8.15. The molecule has 0 heterocycles. The van der Waals surface area contributed by atoms with Crippen LogP contribution >= 0.6 is 7.26 Å². The number of aliphatic hydroxyl groups excluding tert-OH is 1. The highest BCUT2D eigenvalue weighted by Gasteiger charge is 2.47. The van der Waals surface area contributed by atoms with E-state index in [9.17, 15) is 5.11 Å². The van der Waals surface area contributed by atoms with E-state index in [4.69, 9.17) is 0 Å². The quantitative estimate of drug-likeness (QED) is 0.432. The lowest BCUT2D eigenvalue weighted by Gasteiger charge is -2.29. The van der Waals surface area contributed by atoms with E-state index in [0.29, 0.717) is 6.16 Å². The predicted octanol–water partition coefficient (Wildman–Crippen LogP) is 1.72. The van der Waals surface area contributed by atoms with E-state index in [1.165, 1.54) is 15.9 Å². The van der Waals surface area contributed by atoms with Gasteiger partial charge in [-0.25, -0.2) is 0 Å². The Kier molecular flexibility index (Phi) is 7.39. The number of aliphatic hydroxyl groups is 1. The van der Waals surface area contributed by atoms with E-state index < -0.39 is 13.4 Å². The summed E-state index contributed by atoms with van der Waals surface area (Å²) in [5, 5.41) is 15.1. The number of rotatable bonds is 6. The van der Waals surface area contributed by atoms with Gasteiger partial charge in [-0.3, -0.25) is 0 Å². The zero-order valence-corrected chi connectivity index (χ0v) is 18.6. The monoisotopic (exact) mass is 462 g/mol. The van der Waals surface area contributed by atoms with Crippen LogP contribution in [0.2, 0.25) is 0 Å². The van der Waals surface area contributed by atoms with Crippen molar-refractivity contribution in [3.63, 3.8) is 0 Å². The Morgan fingerprint density at radius 2 is 0.828 bits per heavy atom. The number of benzene rings is 4. The van der Waals surface area contributed by atoms with E-state index in [1.54, 1.807) is 0 Å². The zero-order chi connectivity index (χ0) is 19.2. The average Bonchev–Trinajstić information content (AvgIpc) is 2.80. The highest BCUT2D eigenvalue weighted by atomic mass is 79.9. The molecule has 0 aliphatic heterocycles. The smallest absolute Gasteiger partial charge is 0.115 e. The maximum atomic E-state index is 11.3. The lowest BCUT2D eigenvalue weighted by molar-refractivity contribution is -0.00000715. The zero-order valence-electron chi connectivity index (χ0n) is 16.1. The van der Waals surface area contributed by atoms with Crippen LogP contribution in [0.4, 0.5) is 0 Å². The minimum atomic E-state index is -2.02. The first-order valence-corrected chi connectivity index (χ1v) is 11.6. The van der Waals surface area contributed by atoms with Gasteiger partial charge in [0.25, 0.3) is 0 Å². The SMILES string of the molecule is OC(C[P+](c1ccccc1)(c1ccccc1)c1ccccc1)c1ccccc1.[Br-]. The second-order valence-corrected chi connectivity index (χ2v) is 10.5. The third-order valence-corrected chi connectivity index (χ3v) is 9.65. The molecule has 1 unspecified atom stereocenters. The predicted molar refractivity (Wildman–Crippen MR) is 121 cm³/mol. The molecule has 4 aromatic rings. The molecule has 1 nitrogen and oxygen atoms in total. The Bertz CT molecular complexity index is 895. The van der Waals surface area contributed by atoms with Crippen LogP contribution < -0.4 is 32.9 Å². The summed E-state index contributed by atoms with van der Waals surface area (Å²) in [4.78, 5) is 0. The van der Waals surface area contributed by atoms with Crippen LogP contribution in [0.3, 0.4) is 0 Å². The third-order valence-electron chi connectivity index (χ3n) is 5.22. The molecule has 1 atom stereocenters. The molecule has 0 saturated heterocycles. The third kappa shape index (κ3) is 4.51. The summed E-state index contributed by atoms with van der Waals surface area (Å²) in [7, 11) is -2.02. The minimum absolute atomic E-state index is 0. The van der Waals surface area contributed by atoms with Crippen LogP contribution in [0.25, 0.3) is 0 Å². The Labute approximate surface area is 184 Å². The molecule has 0 aromatic heterocycles. The molecule has 0 amide bonds. The molecular formula is C26H24BrOP. The second-order valence-electron chi connectivity index (χ2n) is 6.93. The maximum Gasteiger partial charge on any atom is 0.115 e. The summed E-state index contributed by atoms with van der Waals surface area (Å²) >= 11 is 0. The van der Waals surface area contributed by atoms with E-state index in [1.807, 2.05) is 30.3 Å². The van der Waals surface area contributed by atoms with E-state index in [-0.39, 0.29) is 17.0 Å². The van der Waals surface area contributed by atoms with Crippen molar-refractivity contribution >= 4 is 23.2 Å². The van der Waals surface area contributed by atoms with Gasteiger partial charge < -0.3 is 22.1 Å². The van der Waals surface area contributed by atoms with Crippen molar-refractivity contribution in [2.24, 2.45) is 0 Å². The number of hydrogen-bond acceptors (Lipinski definition) is 1. The number of halogens is 1. The van der Waals surface area contributed by atoms with Crippen LogP contribution in [0.15, 0.2) is 121 Å². The van der Waals surface area contributed by atoms with Gasteiger partial charge in [-0.2, -0.15) is 0 Å². The summed E-state index contributed by atoms with van der Waals surface area (Å²) < 4.78 is 0. The molecule has 0 aliphatic carbocycles. The summed E-state index contributed by atoms with van der Waals surface area (Å²) in [6, 6.07) is 42.1. The second kappa shape index (κ2) is 9.98. The molecule has 4 rings (SSSR count). The highest BCUT2D eigenvalue weighted by molar-refractivity contribution is 7.95. The van der Waals surface area contributed by atoms with Gasteiger partial charge in [-0.05, 0) is 42.0 Å². The summed E-state index contributed by atoms with van der Waals surface area (Å²) in [6.07, 6.45) is 0.143. The standard InChI is InChI=1S/C26H24OP.BrH/c27-26(22-13-5-1-6-14-22)21-28(23-15-7-2-8-16-23,24-17-9-3-10-18-24)25-19-11-4-12-20-25;/h1-20,26-27H,21H2;1H/q+1;/p-1. The topological polar surface area (TPSA) is 20.2 Å². The molecule has 1 N–H and O–H groups in total. The van der Waals surface area contributed by atoms with Gasteiger partial charge in [0.05, 0.1) is 0 Å². The minimum Gasteiger partial charge on any atom is -1.00 e. The van der Waals surface area contributed by atoms with E-state index in [2.05, 4.69) is 91.0 Å². The molecular weight excluding hydrogens is 439 g/mol. The van der Waals surface area contributed by atoms with Crippen LogP contribution in [0, 0.1) is 0 Å².